The van der Waals surface area contributed by atoms with Crippen LogP contribution in [0.1, 0.15) is 38.5 Å². The molecule has 0 saturated carbocycles. The summed E-state index contributed by atoms with van der Waals surface area (Å²) in [6.07, 6.45) is 5.83. The molecule has 2 aliphatic heterocycles. The average molecular weight is 389 g/mol. The van der Waals surface area contributed by atoms with Crippen LogP contribution in [0.15, 0.2) is 18.2 Å². The van der Waals surface area contributed by atoms with E-state index in [-0.39, 0.29) is 11.9 Å². The van der Waals surface area contributed by atoms with Crippen molar-refractivity contribution in [2.24, 2.45) is 5.92 Å². The van der Waals surface area contributed by atoms with Crippen LogP contribution in [0.25, 0.3) is 0 Å². The van der Waals surface area contributed by atoms with Crippen molar-refractivity contribution in [2.75, 3.05) is 45.7 Å². The van der Waals surface area contributed by atoms with Gasteiger partial charge in [-0.3, -0.25) is 4.79 Å². The smallest absolute Gasteiger partial charge is 0.321 e. The molecule has 0 radical (unpaired) electrons. The Bertz CT molecular complexity index is 658. The number of likely N-dealkylation sites (tertiary alicyclic amines) is 2. The van der Waals surface area contributed by atoms with Gasteiger partial charge in [0.2, 0.25) is 5.91 Å². The van der Waals surface area contributed by atoms with Crippen molar-refractivity contribution in [1.82, 2.24) is 9.80 Å². The zero-order chi connectivity index (χ0) is 19.9. The highest BCUT2D eigenvalue weighted by atomic mass is 16.5. The number of nitrogens with zero attached hydrogens (tertiary/aromatic N) is 2. The number of nitrogens with one attached hydrogen (secondary N) is 1. The molecule has 1 N–H and O–H groups in total. The molecule has 0 spiro atoms. The molecule has 2 fully saturated rings. The number of rotatable bonds is 5. The quantitative estimate of drug-likeness (QED) is 0.838. The lowest BCUT2D eigenvalue weighted by Gasteiger charge is -2.33. The van der Waals surface area contributed by atoms with Crippen molar-refractivity contribution >= 4 is 17.6 Å². The Morgan fingerprint density at radius 3 is 2.11 bits per heavy atom. The van der Waals surface area contributed by atoms with E-state index in [2.05, 4.69) is 5.32 Å². The molecule has 0 aliphatic carbocycles. The van der Waals surface area contributed by atoms with Crippen LogP contribution in [0.2, 0.25) is 0 Å². The van der Waals surface area contributed by atoms with Gasteiger partial charge in [0.15, 0.2) is 0 Å². The minimum Gasteiger partial charge on any atom is -0.497 e. The van der Waals surface area contributed by atoms with Crippen molar-refractivity contribution < 1.29 is 19.1 Å². The van der Waals surface area contributed by atoms with Gasteiger partial charge in [-0.15, -0.1) is 0 Å². The Hall–Kier alpha value is -2.44. The summed E-state index contributed by atoms with van der Waals surface area (Å²) in [5, 5.41) is 2.92. The number of hydrogen-bond acceptors (Lipinski definition) is 4. The second-order valence-corrected chi connectivity index (χ2v) is 7.61. The van der Waals surface area contributed by atoms with Gasteiger partial charge in [0.25, 0.3) is 0 Å². The molecule has 0 unspecified atom stereocenters. The van der Waals surface area contributed by atoms with Gasteiger partial charge in [-0.05, 0) is 38.0 Å². The summed E-state index contributed by atoms with van der Waals surface area (Å²) in [6, 6.07) is 5.17. The molecule has 7 nitrogen and oxygen atoms in total. The standard InChI is InChI=1S/C21H31N3O4/c1-27-18-13-17(14-19(15-18)28-2)22-21(26)24-10-6-16(7-11-24)12-20(25)23-8-4-3-5-9-23/h13-16H,3-12H2,1-2H3,(H,22,26). The Labute approximate surface area is 167 Å². The molecule has 3 rings (SSSR count). The van der Waals surface area contributed by atoms with Crippen LogP contribution in [-0.4, -0.2) is 62.1 Å². The normalized spacial score (nSPS) is 17.9. The van der Waals surface area contributed by atoms with E-state index in [9.17, 15) is 9.59 Å². The fourth-order valence-corrected chi connectivity index (χ4v) is 3.94. The third-order valence-corrected chi connectivity index (χ3v) is 5.68. The first-order chi connectivity index (χ1) is 13.6. The van der Waals surface area contributed by atoms with Gasteiger partial charge in [0.1, 0.15) is 11.5 Å². The van der Waals surface area contributed by atoms with E-state index in [1.807, 2.05) is 9.80 Å². The first-order valence-electron chi connectivity index (χ1n) is 10.2. The van der Waals surface area contributed by atoms with Crippen molar-refractivity contribution in [1.29, 1.82) is 0 Å². The van der Waals surface area contributed by atoms with Gasteiger partial charge in [-0.25, -0.2) is 4.79 Å². The monoisotopic (exact) mass is 389 g/mol. The largest absolute Gasteiger partial charge is 0.497 e. The maximum Gasteiger partial charge on any atom is 0.321 e. The summed E-state index contributed by atoms with van der Waals surface area (Å²) in [5.41, 5.74) is 0.642. The number of amides is 3. The lowest BCUT2D eigenvalue weighted by atomic mass is 9.93. The minimum absolute atomic E-state index is 0.129. The first kappa shape index (κ1) is 20.3. The number of ether oxygens (including phenoxy) is 2. The highest BCUT2D eigenvalue weighted by Gasteiger charge is 2.26. The lowest BCUT2D eigenvalue weighted by molar-refractivity contribution is -0.133. The number of urea groups is 1. The molecule has 0 bridgehead atoms. The summed E-state index contributed by atoms with van der Waals surface area (Å²) in [7, 11) is 3.16. The fourth-order valence-electron chi connectivity index (χ4n) is 3.94. The van der Waals surface area contributed by atoms with Crippen LogP contribution in [0.5, 0.6) is 11.5 Å². The number of hydrogen-bond donors (Lipinski definition) is 1. The van der Waals surface area contributed by atoms with Gasteiger partial charge >= 0.3 is 6.03 Å². The predicted octanol–water partition coefficient (Wildman–Crippen LogP) is 3.35. The topological polar surface area (TPSA) is 71.1 Å². The highest BCUT2D eigenvalue weighted by molar-refractivity contribution is 5.90. The van der Waals surface area contributed by atoms with E-state index in [0.717, 1.165) is 38.8 Å². The van der Waals surface area contributed by atoms with Gasteiger partial charge in [-0.1, -0.05) is 0 Å². The predicted molar refractivity (Wildman–Crippen MR) is 108 cm³/mol. The zero-order valence-electron chi connectivity index (χ0n) is 16.9. The average Bonchev–Trinajstić information content (AvgIpc) is 2.74. The summed E-state index contributed by atoms with van der Waals surface area (Å²) in [6.45, 7) is 3.16. The molecule has 2 aliphatic rings. The third kappa shape index (κ3) is 5.30. The summed E-state index contributed by atoms with van der Waals surface area (Å²) < 4.78 is 10.5. The SMILES string of the molecule is COc1cc(NC(=O)N2CCC(CC(=O)N3CCCCC3)CC2)cc(OC)c1. The fraction of sp³-hybridized carbons (Fsp3) is 0.619. The number of piperidine rings is 2. The number of carbonyl (C=O) groups excluding carboxylic acids is 2. The van der Waals surface area contributed by atoms with Crippen LogP contribution in [0.4, 0.5) is 10.5 Å². The van der Waals surface area contributed by atoms with Gasteiger partial charge in [-0.2, -0.15) is 0 Å². The Balaban J connectivity index is 1.48. The Morgan fingerprint density at radius 1 is 0.929 bits per heavy atom. The maximum absolute atomic E-state index is 12.6. The molecular weight excluding hydrogens is 358 g/mol. The lowest BCUT2D eigenvalue weighted by Crippen LogP contribution is -2.42. The van der Waals surface area contributed by atoms with Crippen LogP contribution >= 0.6 is 0 Å². The second kappa shape index (κ2) is 9.66. The highest BCUT2D eigenvalue weighted by Crippen LogP contribution is 2.27. The molecule has 7 heteroatoms. The first-order valence-corrected chi connectivity index (χ1v) is 10.2. The van der Waals surface area contributed by atoms with Crippen molar-refractivity contribution in [3.8, 4) is 11.5 Å². The molecule has 1 aromatic rings. The van der Waals surface area contributed by atoms with E-state index in [4.69, 9.17) is 9.47 Å². The molecule has 0 atom stereocenters. The molecule has 154 valence electrons. The van der Waals surface area contributed by atoms with E-state index in [0.29, 0.717) is 42.6 Å². The summed E-state index contributed by atoms with van der Waals surface area (Å²) in [4.78, 5) is 28.9. The number of carbonyl (C=O) groups is 2. The second-order valence-electron chi connectivity index (χ2n) is 7.61. The van der Waals surface area contributed by atoms with Crippen molar-refractivity contribution in [3.63, 3.8) is 0 Å². The minimum atomic E-state index is -0.129. The number of methoxy groups -OCH3 is 2. The van der Waals surface area contributed by atoms with Crippen LogP contribution in [0.3, 0.4) is 0 Å². The van der Waals surface area contributed by atoms with Crippen LogP contribution in [0, 0.1) is 5.92 Å². The molecule has 2 saturated heterocycles. The summed E-state index contributed by atoms with van der Waals surface area (Å²) >= 11 is 0. The summed E-state index contributed by atoms with van der Waals surface area (Å²) in [5.74, 6) is 1.91. The third-order valence-electron chi connectivity index (χ3n) is 5.68. The Kier molecular flexibility index (Phi) is 7.01. The van der Waals surface area contributed by atoms with E-state index >= 15 is 0 Å². The molecule has 0 aromatic heterocycles. The number of benzene rings is 1. The van der Waals surface area contributed by atoms with E-state index in [1.165, 1.54) is 6.42 Å². The van der Waals surface area contributed by atoms with Crippen molar-refractivity contribution in [2.45, 2.75) is 38.5 Å². The van der Waals surface area contributed by atoms with E-state index in [1.54, 1.807) is 32.4 Å². The zero-order valence-corrected chi connectivity index (χ0v) is 16.9. The van der Waals surface area contributed by atoms with Crippen LogP contribution < -0.4 is 14.8 Å². The molecule has 28 heavy (non-hydrogen) atoms. The molecule has 1 aromatic carbocycles. The number of anilines is 1. The maximum atomic E-state index is 12.6. The molecule has 3 amide bonds. The van der Waals surface area contributed by atoms with E-state index < -0.39 is 0 Å². The Morgan fingerprint density at radius 2 is 1.54 bits per heavy atom. The van der Waals surface area contributed by atoms with Gasteiger partial charge in [0.05, 0.1) is 14.2 Å². The molecule has 2 heterocycles. The van der Waals surface area contributed by atoms with Crippen LogP contribution in [-0.2, 0) is 4.79 Å². The van der Waals surface area contributed by atoms with Gasteiger partial charge < -0.3 is 24.6 Å². The van der Waals surface area contributed by atoms with Crippen molar-refractivity contribution in [3.05, 3.63) is 18.2 Å². The van der Waals surface area contributed by atoms with Gasteiger partial charge in [0, 0.05) is 56.5 Å². The molecular formula is C21H31N3O4.